The molecule has 0 aliphatic heterocycles. The van der Waals surface area contributed by atoms with Gasteiger partial charge in [0.2, 0.25) is 0 Å². The summed E-state index contributed by atoms with van der Waals surface area (Å²) in [5, 5.41) is 18.5. The van der Waals surface area contributed by atoms with Gasteiger partial charge in [0.1, 0.15) is 29.0 Å². The zero-order valence-electron chi connectivity index (χ0n) is 16.5. The van der Waals surface area contributed by atoms with E-state index >= 15 is 0 Å². The van der Waals surface area contributed by atoms with E-state index in [9.17, 15) is 14.4 Å². The van der Waals surface area contributed by atoms with Gasteiger partial charge in [-0.3, -0.25) is 9.78 Å². The fourth-order valence-electron chi connectivity index (χ4n) is 3.40. The monoisotopic (exact) mass is 414 g/mol. The second-order valence-electron chi connectivity index (χ2n) is 6.95. The normalized spacial score (nSPS) is 10.7. The van der Waals surface area contributed by atoms with E-state index < -0.39 is 0 Å². The number of nitrogens with two attached hydrogens (primary N) is 1. The molecule has 0 unspecified atom stereocenters. The van der Waals surface area contributed by atoms with Crippen LogP contribution >= 0.6 is 0 Å². The summed E-state index contributed by atoms with van der Waals surface area (Å²) in [6.45, 7) is 0.387. The Labute approximate surface area is 177 Å². The molecule has 0 aliphatic carbocycles. The quantitative estimate of drug-likeness (QED) is 0.470. The number of nitriles is 1. The number of nitrogens with one attached hydrogen (secondary N) is 1. The van der Waals surface area contributed by atoms with Crippen molar-refractivity contribution in [2.45, 2.75) is 12.8 Å². The molecule has 0 aliphatic rings. The largest absolute Gasteiger partial charge is 0.382 e. The molecule has 0 radical (unpaired) electrons. The van der Waals surface area contributed by atoms with Gasteiger partial charge in [-0.2, -0.15) is 10.4 Å². The minimum absolute atomic E-state index is 0.202. The first kappa shape index (κ1) is 20.0. The number of fused-ring (bicyclic) bond motifs is 1. The maximum atomic E-state index is 13.2. The van der Waals surface area contributed by atoms with Crippen LogP contribution < -0.4 is 11.1 Å². The van der Waals surface area contributed by atoms with Crippen molar-refractivity contribution in [2.75, 3.05) is 12.3 Å². The summed E-state index contributed by atoms with van der Waals surface area (Å²) in [5.41, 5.74) is 7.83. The summed E-state index contributed by atoms with van der Waals surface area (Å²) in [4.78, 5) is 16.8. The summed E-state index contributed by atoms with van der Waals surface area (Å²) in [6.07, 6.45) is 2.62. The highest BCUT2D eigenvalue weighted by molar-refractivity contribution is 6.05. The number of nitrogens with zero attached hydrogens (tertiary/aromatic N) is 4. The fourth-order valence-corrected chi connectivity index (χ4v) is 3.40. The number of benzene rings is 2. The molecule has 4 aromatic rings. The number of pyridine rings is 1. The molecule has 0 spiro atoms. The van der Waals surface area contributed by atoms with Gasteiger partial charge in [-0.1, -0.05) is 24.3 Å². The number of carbonyl (C=O) groups excluding carboxylic acids is 1. The van der Waals surface area contributed by atoms with Crippen molar-refractivity contribution in [3.05, 3.63) is 83.6 Å². The third kappa shape index (κ3) is 4.07. The first-order valence-electron chi connectivity index (χ1n) is 9.74. The average Bonchev–Trinajstić information content (AvgIpc) is 3.11. The number of aromatic nitrogens is 3. The zero-order chi connectivity index (χ0) is 21.8. The highest BCUT2D eigenvalue weighted by atomic mass is 19.1. The Bertz CT molecular complexity index is 1280. The topological polar surface area (TPSA) is 110 Å². The maximum absolute atomic E-state index is 13.2. The first-order valence-corrected chi connectivity index (χ1v) is 9.74. The molecule has 31 heavy (non-hydrogen) atoms. The lowest BCUT2D eigenvalue weighted by Crippen LogP contribution is -2.26. The number of rotatable bonds is 6. The van der Waals surface area contributed by atoms with Gasteiger partial charge < -0.3 is 11.1 Å². The van der Waals surface area contributed by atoms with Crippen molar-refractivity contribution in [3.8, 4) is 11.8 Å². The van der Waals surface area contributed by atoms with Crippen LogP contribution in [0.15, 0.2) is 60.8 Å². The Morgan fingerprint density at radius 2 is 1.94 bits per heavy atom. The minimum atomic E-state index is -0.369. The number of nitrogen functional groups attached to an aromatic ring is 1. The SMILES string of the molecule is N#Cc1c(CCCNC(=O)c2nccc3ccccc23)nn(-c2ccc(F)cc2)c1N. The molecular formula is C23H19FN6O. The van der Waals surface area contributed by atoms with Crippen LogP contribution in [0, 0.1) is 17.1 Å². The molecule has 1 amide bonds. The van der Waals surface area contributed by atoms with E-state index in [1.54, 1.807) is 18.3 Å². The molecule has 3 N–H and O–H groups in total. The van der Waals surface area contributed by atoms with E-state index in [4.69, 9.17) is 5.73 Å². The van der Waals surface area contributed by atoms with Crippen LogP contribution in [0.1, 0.15) is 28.2 Å². The molecule has 2 aromatic carbocycles. The van der Waals surface area contributed by atoms with Crippen LogP contribution in [0.3, 0.4) is 0 Å². The van der Waals surface area contributed by atoms with Crippen molar-refractivity contribution in [2.24, 2.45) is 0 Å². The van der Waals surface area contributed by atoms with Crippen molar-refractivity contribution >= 4 is 22.5 Å². The lowest BCUT2D eigenvalue weighted by atomic mass is 10.1. The molecule has 2 heterocycles. The van der Waals surface area contributed by atoms with Crippen LogP contribution in [0.4, 0.5) is 10.2 Å². The molecule has 0 fully saturated rings. The number of anilines is 1. The van der Waals surface area contributed by atoms with Crippen LogP contribution in [0.5, 0.6) is 0 Å². The Morgan fingerprint density at radius 1 is 1.16 bits per heavy atom. The van der Waals surface area contributed by atoms with E-state index in [2.05, 4.69) is 21.5 Å². The average molecular weight is 414 g/mol. The number of hydrogen-bond donors (Lipinski definition) is 2. The summed E-state index contributed by atoms with van der Waals surface area (Å²) in [6, 6.07) is 17.2. The lowest BCUT2D eigenvalue weighted by Gasteiger charge is -2.07. The maximum Gasteiger partial charge on any atom is 0.270 e. The summed E-state index contributed by atoms with van der Waals surface area (Å²) >= 11 is 0. The van der Waals surface area contributed by atoms with Crippen molar-refractivity contribution in [1.82, 2.24) is 20.1 Å². The second kappa shape index (κ2) is 8.63. The van der Waals surface area contributed by atoms with Crippen LogP contribution in [0.25, 0.3) is 16.5 Å². The molecule has 0 saturated heterocycles. The van der Waals surface area contributed by atoms with Gasteiger partial charge in [-0.05, 0) is 48.6 Å². The van der Waals surface area contributed by atoms with E-state index in [0.717, 1.165) is 10.8 Å². The number of carbonyl (C=O) groups is 1. The molecule has 8 heteroatoms. The predicted octanol–water partition coefficient (Wildman–Crippen LogP) is 3.38. The minimum Gasteiger partial charge on any atom is -0.382 e. The third-order valence-corrected chi connectivity index (χ3v) is 4.94. The number of amides is 1. The summed E-state index contributed by atoms with van der Waals surface area (Å²) < 4.78 is 14.6. The fraction of sp³-hybridized carbons (Fsp3) is 0.130. The molecule has 7 nitrogen and oxygen atoms in total. The second-order valence-corrected chi connectivity index (χ2v) is 6.95. The molecule has 0 atom stereocenters. The van der Waals surface area contributed by atoms with Crippen LogP contribution in [0.2, 0.25) is 0 Å². The van der Waals surface area contributed by atoms with E-state index in [1.165, 1.54) is 16.8 Å². The van der Waals surface area contributed by atoms with Gasteiger partial charge in [0.25, 0.3) is 5.91 Å². The standard InChI is InChI=1S/C23H19FN6O/c24-16-7-9-17(10-8-16)30-22(26)19(14-25)20(29-30)6-3-12-28-23(31)21-18-5-2-1-4-15(18)11-13-27-21/h1-2,4-5,7-11,13H,3,6,12,26H2,(H,28,31). The number of hydrogen-bond acceptors (Lipinski definition) is 5. The Kier molecular flexibility index (Phi) is 5.58. The Hall–Kier alpha value is -4.25. The van der Waals surface area contributed by atoms with Crippen LogP contribution in [-0.2, 0) is 6.42 Å². The molecule has 0 bridgehead atoms. The van der Waals surface area contributed by atoms with Crippen molar-refractivity contribution in [1.29, 1.82) is 5.26 Å². The van der Waals surface area contributed by atoms with E-state index in [-0.39, 0.29) is 23.1 Å². The molecule has 154 valence electrons. The van der Waals surface area contributed by atoms with Gasteiger partial charge in [0.05, 0.1) is 11.4 Å². The molecule has 0 saturated carbocycles. The number of aryl methyl sites for hydroxylation is 1. The first-order chi connectivity index (χ1) is 15.1. The van der Waals surface area contributed by atoms with Gasteiger partial charge in [0, 0.05) is 18.1 Å². The highest BCUT2D eigenvalue weighted by Crippen LogP contribution is 2.22. The lowest BCUT2D eigenvalue weighted by molar-refractivity contribution is 0.0950. The summed E-state index contributed by atoms with van der Waals surface area (Å²) in [7, 11) is 0. The molecule has 2 aromatic heterocycles. The van der Waals surface area contributed by atoms with Gasteiger partial charge in [-0.15, -0.1) is 0 Å². The van der Waals surface area contributed by atoms with Gasteiger partial charge in [-0.25, -0.2) is 9.07 Å². The molecular weight excluding hydrogens is 395 g/mol. The Morgan fingerprint density at radius 3 is 2.71 bits per heavy atom. The zero-order valence-corrected chi connectivity index (χ0v) is 16.5. The van der Waals surface area contributed by atoms with E-state index in [1.807, 2.05) is 30.3 Å². The molecule has 4 rings (SSSR count). The smallest absolute Gasteiger partial charge is 0.270 e. The van der Waals surface area contributed by atoms with E-state index in [0.29, 0.717) is 36.5 Å². The van der Waals surface area contributed by atoms with Gasteiger partial charge >= 0.3 is 0 Å². The third-order valence-electron chi connectivity index (χ3n) is 4.94. The van der Waals surface area contributed by atoms with Crippen molar-refractivity contribution < 1.29 is 9.18 Å². The van der Waals surface area contributed by atoms with Gasteiger partial charge in [0.15, 0.2) is 0 Å². The summed E-state index contributed by atoms with van der Waals surface area (Å²) in [5.74, 6) is -0.423. The number of halogens is 1. The Balaban J connectivity index is 1.43. The highest BCUT2D eigenvalue weighted by Gasteiger charge is 2.17. The van der Waals surface area contributed by atoms with Crippen LogP contribution in [-0.4, -0.2) is 27.2 Å². The predicted molar refractivity (Wildman–Crippen MR) is 115 cm³/mol. The van der Waals surface area contributed by atoms with Crippen molar-refractivity contribution in [3.63, 3.8) is 0 Å².